The topological polar surface area (TPSA) is 127 Å². The van der Waals surface area contributed by atoms with Crippen LogP contribution in [0.4, 0.5) is 17.3 Å². The van der Waals surface area contributed by atoms with E-state index in [2.05, 4.69) is 63.4 Å². The van der Waals surface area contributed by atoms with Crippen molar-refractivity contribution in [1.82, 2.24) is 20.1 Å². The first kappa shape index (κ1) is 29.2. The zero-order valence-electron chi connectivity index (χ0n) is 23.7. The second-order valence-electron chi connectivity index (χ2n) is 10.8. The summed E-state index contributed by atoms with van der Waals surface area (Å²) in [7, 11) is 1.78. The summed E-state index contributed by atoms with van der Waals surface area (Å²) in [6.45, 7) is 13.3. The van der Waals surface area contributed by atoms with Crippen LogP contribution >= 0.6 is 12.2 Å². The van der Waals surface area contributed by atoms with Crippen LogP contribution in [-0.2, 0) is 14.9 Å². The number of aromatic nitrogens is 3. The van der Waals surface area contributed by atoms with E-state index in [0.717, 1.165) is 31.6 Å². The molecule has 12 heteroatoms. The van der Waals surface area contributed by atoms with Crippen molar-refractivity contribution in [3.8, 4) is 5.75 Å². The molecule has 3 heterocycles. The predicted molar refractivity (Wildman–Crippen MR) is 162 cm³/mol. The van der Waals surface area contributed by atoms with Gasteiger partial charge >= 0.3 is 0 Å². The number of aliphatic imine (C=N–C) groups is 1. The molecule has 1 saturated heterocycles. The first-order valence-electron chi connectivity index (χ1n) is 13.4. The van der Waals surface area contributed by atoms with Gasteiger partial charge in [-0.25, -0.2) is 9.98 Å². The molecule has 2 aromatic rings. The maximum Gasteiger partial charge on any atom is 0.228 e. The SMILES string of the molecule is C=N/C(=C\C(=C/C)Oc1cnc(NC(=S)Nc2cc(C(C)(C)C)n([C@H]3CCOC3)n2)c(NC)c1)NC(=O)C1CC1. The van der Waals surface area contributed by atoms with Gasteiger partial charge in [0.2, 0.25) is 5.91 Å². The summed E-state index contributed by atoms with van der Waals surface area (Å²) in [6, 6.07) is 4.04. The van der Waals surface area contributed by atoms with Crippen LogP contribution in [0.1, 0.15) is 58.7 Å². The van der Waals surface area contributed by atoms with Gasteiger partial charge in [-0.2, -0.15) is 5.10 Å². The molecule has 2 fully saturated rings. The zero-order chi connectivity index (χ0) is 28.9. The van der Waals surface area contributed by atoms with Gasteiger partial charge in [-0.05, 0) is 51.2 Å². The average Bonchev–Trinajstić information content (AvgIpc) is 3.45. The Morgan fingerprint density at radius 3 is 2.65 bits per heavy atom. The van der Waals surface area contributed by atoms with Gasteiger partial charge in [-0.1, -0.05) is 20.8 Å². The van der Waals surface area contributed by atoms with Gasteiger partial charge < -0.3 is 30.7 Å². The van der Waals surface area contributed by atoms with Gasteiger partial charge in [0, 0.05) is 48.9 Å². The van der Waals surface area contributed by atoms with E-state index in [9.17, 15) is 4.79 Å². The third-order valence-corrected chi connectivity index (χ3v) is 6.73. The predicted octanol–water partition coefficient (Wildman–Crippen LogP) is 4.74. The lowest BCUT2D eigenvalue weighted by atomic mass is 9.91. The number of hydrogen-bond donors (Lipinski definition) is 4. The molecule has 0 unspecified atom stereocenters. The minimum atomic E-state index is -0.0897. The quantitative estimate of drug-likeness (QED) is 0.140. The van der Waals surface area contributed by atoms with Crippen LogP contribution in [0.15, 0.2) is 47.1 Å². The molecule has 1 saturated carbocycles. The molecule has 1 aliphatic carbocycles. The lowest BCUT2D eigenvalue weighted by Crippen LogP contribution is -2.23. The fraction of sp³-hybridized carbons (Fsp3) is 0.464. The Labute approximate surface area is 240 Å². The number of nitrogens with zero attached hydrogens (tertiary/aromatic N) is 4. The first-order chi connectivity index (χ1) is 19.1. The van der Waals surface area contributed by atoms with Crippen molar-refractivity contribution in [2.75, 3.05) is 36.2 Å². The molecule has 40 heavy (non-hydrogen) atoms. The molecule has 0 radical (unpaired) electrons. The van der Waals surface area contributed by atoms with Crippen LogP contribution in [0.5, 0.6) is 5.75 Å². The Morgan fingerprint density at radius 1 is 1.27 bits per heavy atom. The number of ether oxygens (including phenoxy) is 2. The monoisotopic (exact) mass is 566 g/mol. The zero-order valence-corrected chi connectivity index (χ0v) is 24.5. The molecular weight excluding hydrogens is 528 g/mol. The summed E-state index contributed by atoms with van der Waals surface area (Å²) in [4.78, 5) is 20.5. The van der Waals surface area contributed by atoms with E-state index < -0.39 is 0 Å². The summed E-state index contributed by atoms with van der Waals surface area (Å²) >= 11 is 5.58. The van der Waals surface area contributed by atoms with Crippen molar-refractivity contribution in [2.24, 2.45) is 10.9 Å². The maximum absolute atomic E-state index is 12.1. The highest BCUT2D eigenvalue weighted by Crippen LogP contribution is 2.31. The van der Waals surface area contributed by atoms with E-state index in [1.165, 1.54) is 0 Å². The van der Waals surface area contributed by atoms with Gasteiger partial charge in [-0.15, -0.1) is 0 Å². The van der Waals surface area contributed by atoms with Gasteiger partial charge in [0.15, 0.2) is 16.7 Å². The number of carbonyl (C=O) groups excluding carboxylic acids is 1. The fourth-order valence-electron chi connectivity index (χ4n) is 4.19. The molecule has 1 aliphatic heterocycles. The van der Waals surface area contributed by atoms with E-state index in [-0.39, 0.29) is 23.3 Å². The maximum atomic E-state index is 12.1. The number of allylic oxidation sites excluding steroid dienone is 2. The third-order valence-electron chi connectivity index (χ3n) is 6.53. The van der Waals surface area contributed by atoms with Crippen LogP contribution in [0.2, 0.25) is 0 Å². The number of rotatable bonds is 10. The van der Waals surface area contributed by atoms with E-state index in [1.807, 2.05) is 13.0 Å². The Balaban J connectivity index is 1.43. The van der Waals surface area contributed by atoms with Crippen molar-refractivity contribution in [2.45, 2.75) is 58.4 Å². The van der Waals surface area contributed by atoms with Gasteiger partial charge in [0.25, 0.3) is 0 Å². The lowest BCUT2D eigenvalue weighted by molar-refractivity contribution is -0.121. The van der Waals surface area contributed by atoms with Crippen LogP contribution in [0.3, 0.4) is 0 Å². The standard InChI is InChI=1S/C28H38N8O3S/c1-7-19(13-23(30-6)32-26(37)17-8-9-17)39-20-12-21(29-5)25(31-15-20)34-27(40)33-24-14-22(28(2,3)4)36(35-24)18-10-11-38-16-18/h7,12-15,17-18,29H,6,8-11,16H2,1-5H3,(H,32,37)(H2,31,33,34,35,40)/b19-7+,23-13+/t18-/m0/s1. The molecule has 0 bridgehead atoms. The molecule has 4 N–H and O–H groups in total. The number of nitrogens with one attached hydrogen (secondary N) is 4. The Hall–Kier alpha value is -3.77. The summed E-state index contributed by atoms with van der Waals surface area (Å²) in [5, 5.41) is 17.4. The molecule has 0 aromatic carbocycles. The Morgan fingerprint density at radius 2 is 2.05 bits per heavy atom. The second-order valence-corrected chi connectivity index (χ2v) is 11.2. The molecule has 0 spiro atoms. The second kappa shape index (κ2) is 12.6. The van der Waals surface area contributed by atoms with E-state index in [4.69, 9.17) is 26.8 Å². The van der Waals surface area contributed by atoms with Crippen LogP contribution < -0.4 is 26.0 Å². The highest BCUT2D eigenvalue weighted by molar-refractivity contribution is 7.80. The molecule has 2 aliphatic rings. The molecule has 2 aromatic heterocycles. The van der Waals surface area contributed by atoms with E-state index in [1.54, 1.807) is 31.5 Å². The third kappa shape index (κ3) is 7.45. The van der Waals surface area contributed by atoms with Crippen LogP contribution in [0.25, 0.3) is 0 Å². The number of anilines is 3. The Kier molecular flexibility index (Phi) is 9.21. The molecular formula is C28H38N8O3S. The van der Waals surface area contributed by atoms with Crippen molar-refractivity contribution in [3.63, 3.8) is 0 Å². The fourth-order valence-corrected chi connectivity index (χ4v) is 4.39. The lowest BCUT2D eigenvalue weighted by Gasteiger charge is -2.22. The summed E-state index contributed by atoms with van der Waals surface area (Å²) in [6.07, 6.45) is 7.71. The molecule has 1 amide bonds. The normalized spacial score (nSPS) is 17.8. The molecule has 11 nitrogen and oxygen atoms in total. The average molecular weight is 567 g/mol. The summed E-state index contributed by atoms with van der Waals surface area (Å²) in [5.74, 6) is 2.49. The summed E-state index contributed by atoms with van der Waals surface area (Å²) < 4.78 is 13.6. The largest absolute Gasteiger partial charge is 0.456 e. The van der Waals surface area contributed by atoms with Crippen molar-refractivity contribution < 1.29 is 14.3 Å². The molecule has 214 valence electrons. The van der Waals surface area contributed by atoms with Crippen molar-refractivity contribution in [3.05, 3.63) is 47.8 Å². The number of amides is 1. The van der Waals surface area contributed by atoms with E-state index in [0.29, 0.717) is 46.4 Å². The molecule has 1 atom stereocenters. The van der Waals surface area contributed by atoms with Crippen LogP contribution in [0, 0.1) is 5.92 Å². The van der Waals surface area contributed by atoms with Gasteiger partial charge in [-0.3, -0.25) is 9.48 Å². The minimum Gasteiger partial charge on any atom is -0.456 e. The summed E-state index contributed by atoms with van der Waals surface area (Å²) in [5.41, 5.74) is 1.70. The number of hydrogen-bond acceptors (Lipinski definition) is 8. The highest BCUT2D eigenvalue weighted by atomic mass is 32.1. The van der Waals surface area contributed by atoms with Gasteiger partial charge in [0.1, 0.15) is 17.3 Å². The highest BCUT2D eigenvalue weighted by Gasteiger charge is 2.30. The number of pyridine rings is 1. The Bertz CT molecular complexity index is 1320. The smallest absolute Gasteiger partial charge is 0.228 e. The first-order valence-corrected chi connectivity index (χ1v) is 13.8. The van der Waals surface area contributed by atoms with E-state index >= 15 is 0 Å². The number of thiocarbonyl (C=S) groups is 1. The number of carbonyl (C=O) groups is 1. The van der Waals surface area contributed by atoms with Crippen molar-refractivity contribution in [1.29, 1.82) is 0 Å². The molecule has 4 rings (SSSR count). The minimum absolute atomic E-state index is 0.0535. The van der Waals surface area contributed by atoms with Crippen molar-refractivity contribution >= 4 is 47.3 Å². The van der Waals surface area contributed by atoms with Gasteiger partial charge in [0.05, 0.1) is 24.5 Å². The van der Waals surface area contributed by atoms with Crippen LogP contribution in [-0.4, -0.2) is 52.8 Å².